The summed E-state index contributed by atoms with van der Waals surface area (Å²) in [6.45, 7) is 1.67. The summed E-state index contributed by atoms with van der Waals surface area (Å²) >= 11 is 0. The maximum absolute atomic E-state index is 11.7. The molecule has 1 unspecified atom stereocenters. The number of carboxylic acid groups (broad SMARTS) is 1. The highest BCUT2D eigenvalue weighted by molar-refractivity contribution is 5.86. The van der Waals surface area contributed by atoms with E-state index in [2.05, 4.69) is 5.32 Å². The fourth-order valence-electron chi connectivity index (χ4n) is 1.60. The summed E-state index contributed by atoms with van der Waals surface area (Å²) in [4.78, 5) is 22.5. The number of hydrogen-bond acceptors (Lipinski definition) is 4. The van der Waals surface area contributed by atoms with Gasteiger partial charge in [0.1, 0.15) is 11.8 Å². The predicted octanol–water partition coefficient (Wildman–Crippen LogP) is 0.241. The van der Waals surface area contributed by atoms with Gasteiger partial charge in [0.15, 0.2) is 0 Å². The Morgan fingerprint density at radius 1 is 1.32 bits per heavy atom. The molecule has 1 rings (SSSR count). The molecule has 1 aromatic rings. The van der Waals surface area contributed by atoms with Crippen molar-refractivity contribution in [3.05, 3.63) is 29.8 Å². The number of hydrogen-bond donors (Lipinski definition) is 4. The molecule has 0 saturated carbocycles. The number of carbonyl (C=O) groups excluding carboxylic acids is 1. The molecule has 5 N–H and O–H groups in total. The van der Waals surface area contributed by atoms with E-state index in [0.717, 1.165) is 5.56 Å². The van der Waals surface area contributed by atoms with E-state index >= 15 is 0 Å². The number of carboxylic acids is 1. The second-order valence-electron chi connectivity index (χ2n) is 4.28. The zero-order chi connectivity index (χ0) is 14.4. The molecule has 0 aliphatic rings. The molecule has 104 valence electrons. The van der Waals surface area contributed by atoms with Crippen LogP contribution in [0.1, 0.15) is 18.9 Å². The number of rotatable bonds is 6. The Labute approximate surface area is 111 Å². The Bertz CT molecular complexity index is 444. The van der Waals surface area contributed by atoms with Crippen LogP contribution in [0.4, 0.5) is 0 Å². The molecule has 0 heterocycles. The first-order valence-corrected chi connectivity index (χ1v) is 6.00. The van der Waals surface area contributed by atoms with Crippen LogP contribution in [0.25, 0.3) is 0 Å². The Hall–Kier alpha value is -2.08. The SMILES string of the molecule is CCC(NC(=O)[C@@H](N)Cc1ccc(O)cc1)C(=O)O. The molecule has 1 aromatic carbocycles. The fraction of sp³-hybridized carbons (Fsp3) is 0.385. The lowest BCUT2D eigenvalue weighted by molar-refractivity contribution is -0.142. The summed E-state index contributed by atoms with van der Waals surface area (Å²) < 4.78 is 0. The zero-order valence-electron chi connectivity index (χ0n) is 10.7. The Morgan fingerprint density at radius 2 is 1.89 bits per heavy atom. The molecular weight excluding hydrogens is 248 g/mol. The number of aromatic hydroxyl groups is 1. The van der Waals surface area contributed by atoms with Gasteiger partial charge in [-0.15, -0.1) is 0 Å². The predicted molar refractivity (Wildman–Crippen MR) is 69.6 cm³/mol. The molecule has 0 bridgehead atoms. The minimum absolute atomic E-state index is 0.138. The molecule has 0 radical (unpaired) electrons. The molecule has 1 amide bonds. The smallest absolute Gasteiger partial charge is 0.326 e. The van der Waals surface area contributed by atoms with Crippen molar-refractivity contribution in [1.29, 1.82) is 0 Å². The maximum atomic E-state index is 11.7. The van der Waals surface area contributed by atoms with Crippen LogP contribution in [0.5, 0.6) is 5.75 Å². The van der Waals surface area contributed by atoms with Crippen molar-refractivity contribution >= 4 is 11.9 Å². The van der Waals surface area contributed by atoms with Gasteiger partial charge in [-0.25, -0.2) is 4.79 Å². The van der Waals surface area contributed by atoms with Crippen molar-refractivity contribution in [1.82, 2.24) is 5.32 Å². The number of aliphatic carboxylic acids is 1. The third kappa shape index (κ3) is 4.59. The van der Waals surface area contributed by atoms with Gasteiger partial charge in [0.25, 0.3) is 0 Å². The molecule has 6 nitrogen and oxygen atoms in total. The maximum Gasteiger partial charge on any atom is 0.326 e. The van der Waals surface area contributed by atoms with Gasteiger partial charge in [-0.2, -0.15) is 0 Å². The van der Waals surface area contributed by atoms with Crippen LogP contribution in [0.15, 0.2) is 24.3 Å². The average Bonchev–Trinajstić information content (AvgIpc) is 2.37. The third-order valence-electron chi connectivity index (χ3n) is 2.75. The largest absolute Gasteiger partial charge is 0.508 e. The Balaban J connectivity index is 2.57. The molecule has 0 fully saturated rings. The van der Waals surface area contributed by atoms with E-state index in [9.17, 15) is 9.59 Å². The lowest BCUT2D eigenvalue weighted by Crippen LogP contribution is -2.48. The summed E-state index contributed by atoms with van der Waals surface area (Å²) in [6, 6.07) is 4.60. The number of phenols is 1. The summed E-state index contributed by atoms with van der Waals surface area (Å²) in [6.07, 6.45) is 0.579. The highest BCUT2D eigenvalue weighted by Gasteiger charge is 2.21. The number of nitrogens with one attached hydrogen (secondary N) is 1. The van der Waals surface area contributed by atoms with E-state index in [1.165, 1.54) is 12.1 Å². The van der Waals surface area contributed by atoms with Gasteiger partial charge in [-0.05, 0) is 30.5 Å². The van der Waals surface area contributed by atoms with Gasteiger partial charge < -0.3 is 21.3 Å². The zero-order valence-corrected chi connectivity index (χ0v) is 10.7. The van der Waals surface area contributed by atoms with Crippen molar-refractivity contribution in [2.24, 2.45) is 5.73 Å². The summed E-state index contributed by atoms with van der Waals surface area (Å²) in [5.41, 5.74) is 6.52. The number of benzene rings is 1. The van der Waals surface area contributed by atoms with Gasteiger partial charge >= 0.3 is 5.97 Å². The standard InChI is InChI=1S/C13H18N2O4/c1-2-11(13(18)19)15-12(17)10(14)7-8-3-5-9(16)6-4-8/h3-6,10-11,16H,2,7,14H2,1H3,(H,15,17)(H,18,19)/t10-,11?/m0/s1. The van der Waals surface area contributed by atoms with E-state index in [1.807, 2.05) is 0 Å². The molecule has 0 aliphatic carbocycles. The van der Waals surface area contributed by atoms with E-state index in [4.69, 9.17) is 15.9 Å². The first kappa shape index (κ1) is 15.0. The van der Waals surface area contributed by atoms with Crippen LogP contribution < -0.4 is 11.1 Å². The highest BCUT2D eigenvalue weighted by Crippen LogP contribution is 2.11. The molecule has 0 saturated heterocycles. The second-order valence-corrected chi connectivity index (χ2v) is 4.28. The normalized spacial score (nSPS) is 13.6. The van der Waals surface area contributed by atoms with Crippen molar-refractivity contribution < 1.29 is 19.8 Å². The minimum Gasteiger partial charge on any atom is -0.508 e. The van der Waals surface area contributed by atoms with Crippen molar-refractivity contribution in [3.8, 4) is 5.75 Å². The second kappa shape index (κ2) is 6.75. The molecule has 0 aliphatic heterocycles. The summed E-state index contributed by atoms with van der Waals surface area (Å²) in [5.74, 6) is -1.44. The van der Waals surface area contributed by atoms with E-state index in [-0.39, 0.29) is 12.2 Å². The van der Waals surface area contributed by atoms with Crippen LogP contribution in [-0.4, -0.2) is 34.2 Å². The van der Waals surface area contributed by atoms with E-state index in [0.29, 0.717) is 6.42 Å². The molecular formula is C13H18N2O4. The minimum atomic E-state index is -1.08. The average molecular weight is 266 g/mol. The molecule has 0 aromatic heterocycles. The van der Waals surface area contributed by atoms with Gasteiger partial charge in [0, 0.05) is 0 Å². The molecule has 2 atom stereocenters. The third-order valence-corrected chi connectivity index (χ3v) is 2.75. The van der Waals surface area contributed by atoms with Crippen molar-refractivity contribution in [2.45, 2.75) is 31.8 Å². The first-order valence-electron chi connectivity index (χ1n) is 6.00. The Morgan fingerprint density at radius 3 is 2.37 bits per heavy atom. The lowest BCUT2D eigenvalue weighted by Gasteiger charge is -2.16. The summed E-state index contributed by atoms with van der Waals surface area (Å²) in [5, 5.41) is 20.4. The fourth-order valence-corrected chi connectivity index (χ4v) is 1.60. The molecule has 19 heavy (non-hydrogen) atoms. The van der Waals surface area contributed by atoms with Crippen LogP contribution in [0.2, 0.25) is 0 Å². The van der Waals surface area contributed by atoms with Crippen molar-refractivity contribution in [3.63, 3.8) is 0 Å². The lowest BCUT2D eigenvalue weighted by atomic mass is 10.1. The van der Waals surface area contributed by atoms with Gasteiger partial charge in [-0.1, -0.05) is 19.1 Å². The van der Waals surface area contributed by atoms with Gasteiger partial charge in [0.05, 0.1) is 6.04 Å². The number of phenolic OH excluding ortho intramolecular Hbond substituents is 1. The number of nitrogens with two attached hydrogens (primary N) is 1. The monoisotopic (exact) mass is 266 g/mol. The quantitative estimate of drug-likeness (QED) is 0.589. The van der Waals surface area contributed by atoms with Gasteiger partial charge in [-0.3, -0.25) is 4.79 Å². The van der Waals surface area contributed by atoms with Gasteiger partial charge in [0.2, 0.25) is 5.91 Å². The van der Waals surface area contributed by atoms with Crippen LogP contribution in [0.3, 0.4) is 0 Å². The molecule has 0 spiro atoms. The van der Waals surface area contributed by atoms with E-state index in [1.54, 1.807) is 19.1 Å². The number of amides is 1. The molecule has 6 heteroatoms. The van der Waals surface area contributed by atoms with Crippen LogP contribution >= 0.6 is 0 Å². The Kier molecular flexibility index (Phi) is 5.32. The highest BCUT2D eigenvalue weighted by atomic mass is 16.4. The number of carbonyl (C=O) groups is 2. The van der Waals surface area contributed by atoms with Crippen LogP contribution in [0, 0.1) is 0 Å². The first-order chi connectivity index (χ1) is 8.93. The topological polar surface area (TPSA) is 113 Å². The summed E-state index contributed by atoms with van der Waals surface area (Å²) in [7, 11) is 0. The van der Waals surface area contributed by atoms with E-state index < -0.39 is 24.0 Å². The van der Waals surface area contributed by atoms with Crippen molar-refractivity contribution in [2.75, 3.05) is 0 Å². The van der Waals surface area contributed by atoms with Crippen LogP contribution in [-0.2, 0) is 16.0 Å².